The molecule has 1 aliphatic carbocycles. The summed E-state index contributed by atoms with van der Waals surface area (Å²) in [7, 11) is 0. The summed E-state index contributed by atoms with van der Waals surface area (Å²) in [6.07, 6.45) is 0. The molecule has 9 aromatic rings. The van der Waals surface area contributed by atoms with Gasteiger partial charge in [0.05, 0.1) is 5.41 Å². The number of hydrogen-bond donors (Lipinski definition) is 0. The summed E-state index contributed by atoms with van der Waals surface area (Å²) in [5, 5.41) is 0. The van der Waals surface area contributed by atoms with E-state index in [4.69, 9.17) is 19.9 Å². The maximum Gasteiger partial charge on any atom is 0.164 e. The quantitative estimate of drug-likeness (QED) is 0.162. The highest BCUT2D eigenvalue weighted by molar-refractivity contribution is 5.89. The number of aryl methyl sites for hydroxylation is 2. The number of pyridine rings is 1. The van der Waals surface area contributed by atoms with E-state index in [2.05, 4.69) is 179 Å². The van der Waals surface area contributed by atoms with Crippen LogP contribution in [0.15, 0.2) is 182 Å². The van der Waals surface area contributed by atoms with Crippen molar-refractivity contribution in [1.29, 1.82) is 0 Å². The van der Waals surface area contributed by atoms with E-state index in [9.17, 15) is 0 Å². The summed E-state index contributed by atoms with van der Waals surface area (Å²) in [5.74, 6) is 1.91. The number of fused-ring (bicyclic) bond motifs is 3. The van der Waals surface area contributed by atoms with Gasteiger partial charge in [-0.1, -0.05) is 176 Å². The van der Waals surface area contributed by atoms with Crippen molar-refractivity contribution in [3.8, 4) is 67.5 Å². The van der Waals surface area contributed by atoms with Gasteiger partial charge in [-0.2, -0.15) is 0 Å². The second-order valence-electron chi connectivity index (χ2n) is 15.5. The normalized spacial score (nSPS) is 12.5. The van der Waals surface area contributed by atoms with Crippen molar-refractivity contribution in [2.45, 2.75) is 33.1 Å². The van der Waals surface area contributed by atoms with Crippen LogP contribution in [0.3, 0.4) is 0 Å². The molecule has 0 N–H and O–H groups in total. The lowest BCUT2D eigenvalue weighted by molar-refractivity contribution is 0.768. The summed E-state index contributed by atoms with van der Waals surface area (Å²) in [6, 6.07) is 65.0. The van der Waals surface area contributed by atoms with Crippen molar-refractivity contribution in [2.24, 2.45) is 0 Å². The minimum atomic E-state index is -0.418. The van der Waals surface area contributed by atoms with E-state index < -0.39 is 5.41 Å². The van der Waals surface area contributed by atoms with Crippen LogP contribution in [0.2, 0.25) is 0 Å². The number of rotatable bonds is 7. The maximum atomic E-state index is 5.08. The van der Waals surface area contributed by atoms with Crippen molar-refractivity contribution >= 4 is 0 Å². The Morgan fingerprint density at radius 3 is 1.34 bits per heavy atom. The van der Waals surface area contributed by atoms with E-state index >= 15 is 0 Å². The molecule has 0 aliphatic heterocycles. The van der Waals surface area contributed by atoms with Crippen LogP contribution in [0.5, 0.6) is 0 Å². The number of nitrogens with zero attached hydrogens (tertiary/aromatic N) is 4. The molecule has 4 heteroatoms. The highest BCUT2D eigenvalue weighted by atomic mass is 15.0. The molecule has 0 fully saturated rings. The summed E-state index contributed by atoms with van der Waals surface area (Å²) in [5.41, 5.74) is 19.2. The topological polar surface area (TPSA) is 51.6 Å². The molecular weight excluding hydrogens is 717 g/mol. The molecule has 0 saturated carbocycles. The van der Waals surface area contributed by atoms with Gasteiger partial charge in [0.25, 0.3) is 0 Å². The van der Waals surface area contributed by atoms with Gasteiger partial charge in [-0.05, 0) is 95.0 Å². The molecule has 0 amide bonds. The van der Waals surface area contributed by atoms with Crippen molar-refractivity contribution < 1.29 is 0 Å². The van der Waals surface area contributed by atoms with Gasteiger partial charge < -0.3 is 0 Å². The van der Waals surface area contributed by atoms with Crippen LogP contribution in [0.4, 0.5) is 0 Å². The third-order valence-corrected chi connectivity index (χ3v) is 12.2. The average Bonchev–Trinajstić information content (AvgIpc) is 3.60. The summed E-state index contributed by atoms with van der Waals surface area (Å²) in [4.78, 5) is 19.9. The highest BCUT2D eigenvalue weighted by Crippen LogP contribution is 2.56. The number of hydrogen-bond acceptors (Lipinski definition) is 4. The lowest BCUT2D eigenvalue weighted by Gasteiger charge is -2.33. The standard InChI is InChI=1S/C55H42N4/c1-35-36(2)51(38(4)56-37(35)3)40-26-30-43(31-27-40)54-58-52(41-16-8-5-9-17-41)57-53(59-54)42-28-24-39(25-29-42)44-32-33-50-48(34-44)47-22-14-15-23-49(47)55(50,45-18-10-6-11-19-45)46-20-12-7-13-21-46/h5-34H,1-4H3. The summed E-state index contributed by atoms with van der Waals surface area (Å²) < 4.78 is 0. The van der Waals surface area contributed by atoms with E-state index in [0.717, 1.165) is 44.8 Å². The second-order valence-corrected chi connectivity index (χ2v) is 15.5. The molecule has 0 radical (unpaired) electrons. The van der Waals surface area contributed by atoms with Gasteiger partial charge >= 0.3 is 0 Å². The van der Waals surface area contributed by atoms with E-state index in [1.807, 2.05) is 30.3 Å². The minimum Gasteiger partial charge on any atom is -0.258 e. The van der Waals surface area contributed by atoms with Gasteiger partial charge in [0.1, 0.15) is 0 Å². The predicted octanol–water partition coefficient (Wildman–Crippen LogP) is 13.2. The van der Waals surface area contributed by atoms with Crippen LogP contribution in [-0.4, -0.2) is 19.9 Å². The van der Waals surface area contributed by atoms with Crippen LogP contribution in [0, 0.1) is 27.7 Å². The van der Waals surface area contributed by atoms with Crippen LogP contribution in [-0.2, 0) is 5.41 Å². The highest BCUT2D eigenvalue weighted by Gasteiger charge is 2.45. The average molecular weight is 759 g/mol. The Morgan fingerprint density at radius 1 is 0.322 bits per heavy atom. The molecule has 2 aromatic heterocycles. The SMILES string of the molecule is Cc1nc(C)c(-c2ccc(-c3nc(-c4ccccc4)nc(-c4ccc(-c5ccc6c(c5)-c5ccccc5C6(c5ccccc5)c5ccccc5)cc4)n3)cc2)c(C)c1C. The first-order valence-corrected chi connectivity index (χ1v) is 20.2. The van der Waals surface area contributed by atoms with Crippen LogP contribution in [0.25, 0.3) is 67.5 Å². The molecule has 4 nitrogen and oxygen atoms in total. The molecule has 1 aliphatic rings. The maximum absolute atomic E-state index is 5.08. The molecule has 0 unspecified atom stereocenters. The number of aromatic nitrogens is 4. The van der Waals surface area contributed by atoms with E-state index in [0.29, 0.717) is 17.5 Å². The van der Waals surface area contributed by atoms with E-state index in [-0.39, 0.29) is 0 Å². The number of benzene rings is 7. The van der Waals surface area contributed by atoms with Crippen molar-refractivity contribution in [3.05, 3.63) is 227 Å². The van der Waals surface area contributed by atoms with Crippen LogP contribution >= 0.6 is 0 Å². The molecule has 0 atom stereocenters. The lowest BCUT2D eigenvalue weighted by atomic mass is 9.67. The Balaban J connectivity index is 1.04. The molecule has 0 bridgehead atoms. The van der Waals surface area contributed by atoms with Gasteiger partial charge in [0, 0.05) is 33.6 Å². The molecule has 282 valence electrons. The lowest BCUT2D eigenvalue weighted by Crippen LogP contribution is -2.28. The molecule has 0 spiro atoms. The van der Waals surface area contributed by atoms with E-state index in [1.54, 1.807) is 0 Å². The van der Waals surface area contributed by atoms with Crippen LogP contribution < -0.4 is 0 Å². The first kappa shape index (κ1) is 36.1. The fraction of sp³-hybridized carbons (Fsp3) is 0.0909. The monoisotopic (exact) mass is 758 g/mol. The van der Waals surface area contributed by atoms with Gasteiger partial charge in [-0.3, -0.25) is 4.98 Å². The molecule has 7 aromatic carbocycles. The molecule has 0 saturated heterocycles. The Morgan fingerprint density at radius 2 is 0.763 bits per heavy atom. The Bertz CT molecular complexity index is 2950. The summed E-state index contributed by atoms with van der Waals surface area (Å²) in [6.45, 7) is 8.49. The first-order chi connectivity index (χ1) is 28.9. The molecule has 59 heavy (non-hydrogen) atoms. The minimum absolute atomic E-state index is 0.418. The third-order valence-electron chi connectivity index (χ3n) is 12.2. The van der Waals surface area contributed by atoms with Gasteiger partial charge in [0.15, 0.2) is 17.5 Å². The van der Waals surface area contributed by atoms with Gasteiger partial charge in [0.2, 0.25) is 0 Å². The van der Waals surface area contributed by atoms with Crippen LogP contribution in [0.1, 0.15) is 44.8 Å². The Hall–Kier alpha value is -7.30. The third kappa shape index (κ3) is 6.07. The largest absolute Gasteiger partial charge is 0.258 e. The first-order valence-electron chi connectivity index (χ1n) is 20.2. The molecular formula is C55H42N4. The Kier molecular flexibility index (Phi) is 8.91. The predicted molar refractivity (Wildman–Crippen MR) is 241 cm³/mol. The van der Waals surface area contributed by atoms with Crippen molar-refractivity contribution in [1.82, 2.24) is 19.9 Å². The smallest absolute Gasteiger partial charge is 0.164 e. The zero-order chi connectivity index (χ0) is 40.1. The van der Waals surface area contributed by atoms with E-state index in [1.165, 1.54) is 50.1 Å². The van der Waals surface area contributed by atoms with Gasteiger partial charge in [-0.15, -0.1) is 0 Å². The molecule has 2 heterocycles. The zero-order valence-corrected chi connectivity index (χ0v) is 33.6. The fourth-order valence-corrected chi connectivity index (χ4v) is 9.12. The second kappa shape index (κ2) is 14.6. The zero-order valence-electron chi connectivity index (χ0n) is 33.6. The fourth-order valence-electron chi connectivity index (χ4n) is 9.12. The van der Waals surface area contributed by atoms with Crippen molar-refractivity contribution in [2.75, 3.05) is 0 Å². The van der Waals surface area contributed by atoms with Crippen molar-refractivity contribution in [3.63, 3.8) is 0 Å². The molecule has 10 rings (SSSR count). The van der Waals surface area contributed by atoms with Gasteiger partial charge in [-0.25, -0.2) is 15.0 Å². The Labute approximate surface area is 346 Å². The summed E-state index contributed by atoms with van der Waals surface area (Å²) >= 11 is 0.